The highest BCUT2D eigenvalue weighted by Gasteiger charge is 2.25. The van der Waals surface area contributed by atoms with Crippen molar-refractivity contribution < 1.29 is 9.59 Å². The monoisotopic (exact) mass is 369 g/mol. The molecule has 3 rings (SSSR count). The first kappa shape index (κ1) is 19.6. The van der Waals surface area contributed by atoms with Crippen molar-refractivity contribution in [2.75, 3.05) is 26.2 Å². The molecule has 5 heteroatoms. The van der Waals surface area contributed by atoms with Crippen molar-refractivity contribution in [3.63, 3.8) is 0 Å². The van der Waals surface area contributed by atoms with Gasteiger partial charge in [-0.05, 0) is 62.4 Å². The second-order valence-corrected chi connectivity index (χ2v) is 7.96. The van der Waals surface area contributed by atoms with Gasteiger partial charge in [0.25, 0.3) is 11.7 Å². The molecule has 0 aromatic rings. The van der Waals surface area contributed by atoms with Crippen LogP contribution in [-0.2, 0) is 11.2 Å². The Hall–Kier alpha value is -2.14. The van der Waals surface area contributed by atoms with Crippen LogP contribution in [0.5, 0.6) is 0 Å². The first-order chi connectivity index (χ1) is 13.1. The molecule has 1 fully saturated rings. The van der Waals surface area contributed by atoms with Crippen molar-refractivity contribution >= 4 is 11.7 Å². The molecule has 5 nitrogen and oxygen atoms in total. The third-order valence-electron chi connectivity index (χ3n) is 5.39. The minimum absolute atomic E-state index is 0.436. The minimum Gasteiger partial charge on any atom is -0.361 e. The molecular weight excluding hydrogens is 338 g/mol. The van der Waals surface area contributed by atoms with Crippen LogP contribution in [0.15, 0.2) is 24.4 Å². The maximum absolute atomic E-state index is 12.8. The van der Waals surface area contributed by atoms with Gasteiger partial charge in [0, 0.05) is 36.1 Å². The first-order valence-electron chi connectivity index (χ1n) is 10.2. The molecule has 0 aromatic heterocycles. The molecule has 0 bridgehead atoms. The number of likely N-dealkylation sites (tertiary alicyclic amines) is 1. The Morgan fingerprint density at radius 2 is 2.00 bits per heavy atom. The molecule has 0 atom stereocenters. The van der Waals surface area contributed by atoms with Crippen molar-refractivity contribution in [1.82, 2.24) is 15.2 Å². The van der Waals surface area contributed by atoms with Gasteiger partial charge in [-0.2, -0.15) is 0 Å². The zero-order chi connectivity index (χ0) is 19.2. The molecular formula is C22H31N3O2. The summed E-state index contributed by atoms with van der Waals surface area (Å²) < 4.78 is 0. The van der Waals surface area contributed by atoms with Crippen molar-refractivity contribution in [1.29, 1.82) is 0 Å². The number of nitrogens with one attached hydrogen (secondary N) is 2. The van der Waals surface area contributed by atoms with E-state index in [1.165, 1.54) is 19.3 Å². The highest BCUT2D eigenvalue weighted by molar-refractivity contribution is 6.44. The summed E-state index contributed by atoms with van der Waals surface area (Å²) in [5, 5.41) is 2.81. The lowest BCUT2D eigenvalue weighted by Gasteiger charge is -2.26. The number of H-pyrrole nitrogens is 1. The summed E-state index contributed by atoms with van der Waals surface area (Å²) >= 11 is 0. The number of aromatic amines is 1. The predicted molar refractivity (Wildman–Crippen MR) is 108 cm³/mol. The fraction of sp³-hybridized carbons (Fsp3) is 0.545. The maximum atomic E-state index is 12.8. The quantitative estimate of drug-likeness (QED) is 0.553. The SMILES string of the molecule is CC(C)CCc1cc(C(=O)C(=O)NCCN2CCCCC2)c2ccc[nH]c1-2. The van der Waals surface area contributed by atoms with Gasteiger partial charge >= 0.3 is 0 Å². The topological polar surface area (TPSA) is 65.2 Å². The standard InChI is InChI=1S/C22H31N3O2/c1-16(2)8-9-17-15-19(18-7-6-10-23-20(17)18)21(26)22(27)24-11-14-25-12-4-3-5-13-25/h6-7,10,15-16,23H,3-5,8-9,11-14H2,1-2H3,(H,24,27). The molecule has 3 aliphatic rings. The number of hydrogen-bond acceptors (Lipinski definition) is 3. The lowest BCUT2D eigenvalue weighted by molar-refractivity contribution is -0.117. The van der Waals surface area contributed by atoms with Gasteiger partial charge in [-0.25, -0.2) is 0 Å². The third-order valence-corrected chi connectivity index (χ3v) is 5.39. The van der Waals surface area contributed by atoms with E-state index in [1.807, 2.05) is 24.4 Å². The predicted octanol–water partition coefficient (Wildman–Crippen LogP) is 3.49. The van der Waals surface area contributed by atoms with Gasteiger partial charge in [0.1, 0.15) is 0 Å². The van der Waals surface area contributed by atoms with Crippen LogP contribution in [-0.4, -0.2) is 47.8 Å². The molecule has 0 spiro atoms. The van der Waals surface area contributed by atoms with Crippen LogP contribution in [0.1, 0.15) is 55.5 Å². The number of nitrogens with zero attached hydrogens (tertiary/aromatic N) is 1. The summed E-state index contributed by atoms with van der Waals surface area (Å²) in [5.41, 5.74) is 3.44. The molecule has 2 N–H and O–H groups in total. The number of ketones is 1. The number of hydrogen-bond donors (Lipinski definition) is 2. The summed E-state index contributed by atoms with van der Waals surface area (Å²) in [6.07, 6.45) is 7.57. The Balaban J connectivity index is 1.64. The van der Waals surface area contributed by atoms with Crippen LogP contribution in [0.3, 0.4) is 0 Å². The summed E-state index contributed by atoms with van der Waals surface area (Å²) in [6, 6.07) is 5.69. The summed E-state index contributed by atoms with van der Waals surface area (Å²) in [6.45, 7) is 7.90. The normalized spacial score (nSPS) is 15.4. The number of aryl methyl sites for hydroxylation is 1. The maximum Gasteiger partial charge on any atom is 0.292 e. The second-order valence-electron chi connectivity index (χ2n) is 7.96. The molecule has 0 aromatic carbocycles. The van der Waals surface area contributed by atoms with Gasteiger partial charge in [0.05, 0.1) is 0 Å². The molecule has 1 saturated heterocycles. The van der Waals surface area contributed by atoms with Crippen molar-refractivity contribution in [3.05, 3.63) is 35.5 Å². The zero-order valence-corrected chi connectivity index (χ0v) is 16.5. The largest absolute Gasteiger partial charge is 0.361 e. The number of amides is 1. The van der Waals surface area contributed by atoms with Crippen LogP contribution in [0.25, 0.3) is 11.3 Å². The van der Waals surface area contributed by atoms with Gasteiger partial charge < -0.3 is 15.2 Å². The number of Topliss-reactive ketones (excluding diaryl/α,β-unsaturated/α-hetero) is 1. The molecule has 2 aliphatic heterocycles. The van der Waals surface area contributed by atoms with E-state index in [-0.39, 0.29) is 0 Å². The average molecular weight is 370 g/mol. The Labute approximate surface area is 161 Å². The smallest absolute Gasteiger partial charge is 0.292 e. The first-order valence-corrected chi connectivity index (χ1v) is 10.2. The molecule has 0 saturated carbocycles. The third kappa shape index (κ3) is 4.98. The van der Waals surface area contributed by atoms with Gasteiger partial charge in [0.2, 0.25) is 0 Å². The van der Waals surface area contributed by atoms with Crippen LogP contribution in [0, 0.1) is 5.92 Å². The molecule has 1 amide bonds. The Kier molecular flexibility index (Phi) is 6.67. The summed E-state index contributed by atoms with van der Waals surface area (Å²) in [4.78, 5) is 30.8. The molecule has 0 unspecified atom stereocenters. The van der Waals surface area contributed by atoms with E-state index in [9.17, 15) is 9.59 Å². The molecule has 2 heterocycles. The number of fused-ring (bicyclic) bond motifs is 1. The number of carbonyl (C=O) groups is 2. The minimum atomic E-state index is -0.502. The fourth-order valence-corrected chi connectivity index (χ4v) is 3.79. The number of rotatable bonds is 8. The van der Waals surface area contributed by atoms with Gasteiger partial charge in [-0.3, -0.25) is 9.59 Å². The van der Waals surface area contributed by atoms with Crippen LogP contribution in [0.4, 0.5) is 0 Å². The van der Waals surface area contributed by atoms with Crippen molar-refractivity contribution in [2.45, 2.75) is 46.0 Å². The highest BCUT2D eigenvalue weighted by atomic mass is 16.2. The van der Waals surface area contributed by atoms with E-state index >= 15 is 0 Å². The number of pyridine rings is 1. The Morgan fingerprint density at radius 1 is 1.22 bits per heavy atom. The number of carbonyl (C=O) groups excluding carboxylic acids is 2. The fourth-order valence-electron chi connectivity index (χ4n) is 3.79. The summed E-state index contributed by atoms with van der Waals surface area (Å²) in [7, 11) is 0. The molecule has 146 valence electrons. The van der Waals surface area contributed by atoms with E-state index in [0.29, 0.717) is 18.0 Å². The lowest BCUT2D eigenvalue weighted by atomic mass is 10.0. The van der Waals surface area contributed by atoms with E-state index in [2.05, 4.69) is 29.0 Å². The van der Waals surface area contributed by atoms with E-state index in [4.69, 9.17) is 0 Å². The van der Waals surface area contributed by atoms with E-state index in [0.717, 1.165) is 49.3 Å². The number of piperidine rings is 1. The second kappa shape index (κ2) is 9.18. The van der Waals surface area contributed by atoms with Crippen molar-refractivity contribution in [3.8, 4) is 11.3 Å². The van der Waals surface area contributed by atoms with Gasteiger partial charge in [-0.15, -0.1) is 0 Å². The molecule has 27 heavy (non-hydrogen) atoms. The molecule has 0 radical (unpaired) electrons. The highest BCUT2D eigenvalue weighted by Crippen LogP contribution is 2.32. The Bertz CT molecular complexity index is 744. The van der Waals surface area contributed by atoms with Gasteiger partial charge in [-0.1, -0.05) is 26.3 Å². The molecule has 1 aliphatic carbocycles. The average Bonchev–Trinajstić information content (AvgIpc) is 3.05. The van der Waals surface area contributed by atoms with Gasteiger partial charge in [0.15, 0.2) is 0 Å². The zero-order valence-electron chi connectivity index (χ0n) is 16.5. The lowest BCUT2D eigenvalue weighted by Crippen LogP contribution is -2.39. The summed E-state index contributed by atoms with van der Waals surface area (Å²) in [5.74, 6) is -0.344. The number of aromatic nitrogens is 1. The van der Waals surface area contributed by atoms with E-state index < -0.39 is 11.7 Å². The van der Waals surface area contributed by atoms with Crippen molar-refractivity contribution in [2.24, 2.45) is 5.92 Å². The van der Waals surface area contributed by atoms with Crippen LogP contribution < -0.4 is 5.32 Å². The van der Waals surface area contributed by atoms with Crippen LogP contribution in [0.2, 0.25) is 0 Å². The van der Waals surface area contributed by atoms with E-state index in [1.54, 1.807) is 0 Å². The van der Waals surface area contributed by atoms with Crippen LogP contribution >= 0.6 is 0 Å². The Morgan fingerprint density at radius 3 is 2.74 bits per heavy atom.